The van der Waals surface area contributed by atoms with Gasteiger partial charge in [-0.1, -0.05) is 66.2 Å². The summed E-state index contributed by atoms with van der Waals surface area (Å²) in [4.78, 5) is 40.6. The quantitative estimate of drug-likeness (QED) is 0.138. The van der Waals surface area contributed by atoms with Crippen LogP contribution in [0, 0.1) is 5.92 Å². The Morgan fingerprint density at radius 3 is 2.23 bits per heavy atom. The van der Waals surface area contributed by atoms with E-state index in [1.165, 1.54) is 7.11 Å². The molecule has 1 N–H and O–H groups in total. The van der Waals surface area contributed by atoms with Crippen LogP contribution >= 0.6 is 11.6 Å². The molecule has 0 radical (unpaired) electrons. The fourth-order valence-corrected chi connectivity index (χ4v) is 4.95. The maximum absolute atomic E-state index is 13.2. The molecular formula is C35H33ClN2O5. The number of methoxy groups -OCH3 is 1. The van der Waals surface area contributed by atoms with E-state index in [0.717, 1.165) is 24.1 Å². The first-order valence-electron chi connectivity index (χ1n) is 14.2. The van der Waals surface area contributed by atoms with Gasteiger partial charge < -0.3 is 19.7 Å². The first kappa shape index (κ1) is 29.9. The van der Waals surface area contributed by atoms with E-state index in [-0.39, 0.29) is 17.6 Å². The lowest BCUT2D eigenvalue weighted by Gasteiger charge is -2.23. The number of halogens is 1. The van der Waals surface area contributed by atoms with Crippen molar-refractivity contribution in [2.45, 2.75) is 25.3 Å². The predicted octanol–water partition coefficient (Wildman–Crippen LogP) is 6.59. The number of hydrogen-bond donors (Lipinski definition) is 1. The zero-order valence-electron chi connectivity index (χ0n) is 23.9. The summed E-state index contributed by atoms with van der Waals surface area (Å²) >= 11 is 6.04. The zero-order chi connectivity index (χ0) is 30.2. The van der Waals surface area contributed by atoms with Crippen molar-refractivity contribution in [3.63, 3.8) is 0 Å². The molecule has 4 aromatic rings. The SMILES string of the molecule is COC(=O)[C@H](Cc1ccc(OCCN(C(=O)C2CC2)c2ccc(Cl)cc2)cc1)Nc1ccccc1C(=O)c1ccccc1. The second-order valence-electron chi connectivity index (χ2n) is 10.4. The van der Waals surface area contributed by atoms with Crippen LogP contribution in [0.1, 0.15) is 34.3 Å². The van der Waals surface area contributed by atoms with E-state index >= 15 is 0 Å². The van der Waals surface area contributed by atoms with Crippen molar-refractivity contribution in [2.24, 2.45) is 5.92 Å². The van der Waals surface area contributed by atoms with Crippen LogP contribution in [0.5, 0.6) is 5.75 Å². The monoisotopic (exact) mass is 596 g/mol. The summed E-state index contributed by atoms with van der Waals surface area (Å²) in [5.41, 5.74) is 3.27. The number of nitrogens with zero attached hydrogens (tertiary/aromatic N) is 1. The number of esters is 1. The summed E-state index contributed by atoms with van der Waals surface area (Å²) in [7, 11) is 1.34. The van der Waals surface area contributed by atoms with Gasteiger partial charge in [-0.05, 0) is 66.9 Å². The molecule has 1 atom stereocenters. The third-order valence-electron chi connectivity index (χ3n) is 7.30. The number of ether oxygens (including phenoxy) is 2. The molecule has 0 spiro atoms. The topological polar surface area (TPSA) is 84.9 Å². The first-order chi connectivity index (χ1) is 20.9. The molecule has 8 heteroatoms. The fourth-order valence-electron chi connectivity index (χ4n) is 4.83. The Labute approximate surface area is 256 Å². The van der Waals surface area contributed by atoms with Crippen LogP contribution in [0.3, 0.4) is 0 Å². The van der Waals surface area contributed by atoms with Crippen LogP contribution < -0.4 is 15.0 Å². The molecule has 4 aromatic carbocycles. The number of nitrogens with one attached hydrogen (secondary N) is 1. The van der Waals surface area contributed by atoms with Crippen LogP contribution in [0.15, 0.2) is 103 Å². The Kier molecular flexibility index (Phi) is 9.74. The molecule has 0 aromatic heterocycles. The van der Waals surface area contributed by atoms with E-state index in [4.69, 9.17) is 21.1 Å². The predicted molar refractivity (Wildman–Crippen MR) is 168 cm³/mol. The van der Waals surface area contributed by atoms with Crippen LogP contribution in [0.4, 0.5) is 11.4 Å². The van der Waals surface area contributed by atoms with Crippen molar-refractivity contribution in [2.75, 3.05) is 30.5 Å². The highest BCUT2D eigenvalue weighted by molar-refractivity contribution is 6.30. The van der Waals surface area contributed by atoms with E-state index in [9.17, 15) is 14.4 Å². The summed E-state index contributed by atoms with van der Waals surface area (Å²) in [5.74, 6) is 0.261. The molecule has 7 nitrogen and oxygen atoms in total. The summed E-state index contributed by atoms with van der Waals surface area (Å²) in [6, 6.07) is 30.1. The van der Waals surface area contributed by atoms with Gasteiger partial charge in [-0.25, -0.2) is 4.79 Å². The minimum Gasteiger partial charge on any atom is -0.492 e. The lowest BCUT2D eigenvalue weighted by atomic mass is 10.00. The van der Waals surface area contributed by atoms with E-state index in [0.29, 0.717) is 47.2 Å². The van der Waals surface area contributed by atoms with E-state index in [2.05, 4.69) is 5.32 Å². The Balaban J connectivity index is 1.22. The number of amides is 1. The molecule has 1 saturated carbocycles. The standard InChI is InChI=1S/C35H33ClN2O5/c1-42-35(41)32(37-31-10-6-5-9-30(31)33(39)25-7-3-2-4-8-25)23-24-11-19-29(20-12-24)43-22-21-38(34(40)26-13-14-26)28-17-15-27(36)16-18-28/h2-12,15-20,26,32,37H,13-14,21-23H2,1H3/t32-/m0/s1. The van der Waals surface area contributed by atoms with E-state index in [1.807, 2.05) is 60.7 Å². The maximum Gasteiger partial charge on any atom is 0.328 e. The van der Waals surface area contributed by atoms with E-state index in [1.54, 1.807) is 47.4 Å². The van der Waals surface area contributed by atoms with Gasteiger partial charge in [0.25, 0.3) is 0 Å². The van der Waals surface area contributed by atoms with Gasteiger partial charge in [-0.15, -0.1) is 0 Å². The molecule has 0 heterocycles. The zero-order valence-corrected chi connectivity index (χ0v) is 24.6. The summed E-state index contributed by atoms with van der Waals surface area (Å²) in [5, 5.41) is 3.85. The largest absolute Gasteiger partial charge is 0.492 e. The highest BCUT2D eigenvalue weighted by atomic mass is 35.5. The van der Waals surface area contributed by atoms with Gasteiger partial charge >= 0.3 is 5.97 Å². The Bertz CT molecular complexity index is 1550. The van der Waals surface area contributed by atoms with Crippen molar-refractivity contribution in [3.05, 3.63) is 125 Å². The van der Waals surface area contributed by atoms with Crippen LogP contribution in [-0.4, -0.2) is 44.0 Å². The number of hydrogen-bond acceptors (Lipinski definition) is 6. The Morgan fingerprint density at radius 2 is 1.56 bits per heavy atom. The molecule has 1 aliphatic carbocycles. The molecule has 0 saturated heterocycles. The van der Waals surface area contributed by atoms with Gasteiger partial charge in [-0.3, -0.25) is 9.59 Å². The molecule has 1 aliphatic rings. The average molecular weight is 597 g/mol. The third kappa shape index (κ3) is 7.81. The first-order valence-corrected chi connectivity index (χ1v) is 14.6. The molecule has 0 bridgehead atoms. The molecule has 0 unspecified atom stereocenters. The second kappa shape index (κ2) is 14.0. The van der Waals surface area contributed by atoms with Crippen LogP contribution in [0.2, 0.25) is 5.02 Å². The van der Waals surface area contributed by atoms with Crippen molar-refractivity contribution >= 4 is 40.6 Å². The number of benzene rings is 4. The van der Waals surface area contributed by atoms with Gasteiger partial charge in [0, 0.05) is 39.9 Å². The Morgan fingerprint density at radius 1 is 0.884 bits per heavy atom. The van der Waals surface area contributed by atoms with Crippen molar-refractivity contribution in [3.8, 4) is 5.75 Å². The van der Waals surface area contributed by atoms with E-state index < -0.39 is 12.0 Å². The summed E-state index contributed by atoms with van der Waals surface area (Å²) < 4.78 is 11.0. The fraction of sp³-hybridized carbons (Fsp3) is 0.229. The molecule has 43 heavy (non-hydrogen) atoms. The highest BCUT2D eigenvalue weighted by Gasteiger charge is 2.34. The molecular weight excluding hydrogens is 564 g/mol. The third-order valence-corrected chi connectivity index (χ3v) is 7.55. The number of anilines is 2. The minimum absolute atomic E-state index is 0.0785. The van der Waals surface area contributed by atoms with Gasteiger partial charge in [0.15, 0.2) is 5.78 Å². The van der Waals surface area contributed by atoms with Gasteiger partial charge in [0.1, 0.15) is 18.4 Å². The maximum atomic E-state index is 13.2. The van der Waals surface area contributed by atoms with Gasteiger partial charge in [0.2, 0.25) is 5.91 Å². The molecule has 1 amide bonds. The molecule has 5 rings (SSSR count). The van der Waals surface area contributed by atoms with Crippen LogP contribution in [0.25, 0.3) is 0 Å². The average Bonchev–Trinajstić information content (AvgIpc) is 3.90. The number of ketones is 1. The van der Waals surface area contributed by atoms with Crippen molar-refractivity contribution in [1.29, 1.82) is 0 Å². The van der Waals surface area contributed by atoms with Gasteiger partial charge in [-0.2, -0.15) is 0 Å². The minimum atomic E-state index is -0.720. The molecule has 1 fully saturated rings. The highest BCUT2D eigenvalue weighted by Crippen LogP contribution is 2.33. The lowest BCUT2D eigenvalue weighted by molar-refractivity contribution is -0.141. The second-order valence-corrected chi connectivity index (χ2v) is 10.8. The molecule has 0 aliphatic heterocycles. The lowest BCUT2D eigenvalue weighted by Crippen LogP contribution is -2.35. The van der Waals surface area contributed by atoms with Crippen LogP contribution in [-0.2, 0) is 20.7 Å². The van der Waals surface area contributed by atoms with Gasteiger partial charge in [0.05, 0.1) is 13.7 Å². The number of carbonyl (C=O) groups excluding carboxylic acids is 3. The molecule has 220 valence electrons. The summed E-state index contributed by atoms with van der Waals surface area (Å²) in [6.45, 7) is 0.729. The number of para-hydroxylation sites is 1. The Hall–Kier alpha value is -4.62. The number of rotatable bonds is 13. The normalized spacial score (nSPS) is 13.1. The summed E-state index contributed by atoms with van der Waals surface area (Å²) in [6.07, 6.45) is 2.17. The van der Waals surface area contributed by atoms with Crippen molar-refractivity contribution in [1.82, 2.24) is 0 Å². The van der Waals surface area contributed by atoms with Crippen molar-refractivity contribution < 1.29 is 23.9 Å². The number of carbonyl (C=O) groups is 3. The smallest absolute Gasteiger partial charge is 0.328 e.